The van der Waals surface area contributed by atoms with Crippen molar-refractivity contribution in [3.05, 3.63) is 63.4 Å². The highest BCUT2D eigenvalue weighted by atomic mass is 35.5. The van der Waals surface area contributed by atoms with Gasteiger partial charge in [-0.2, -0.15) is 0 Å². The van der Waals surface area contributed by atoms with Crippen LogP contribution >= 0.6 is 23.2 Å². The largest absolute Gasteiger partial charge is 0.325 e. The second-order valence-corrected chi connectivity index (χ2v) is 10.4. The van der Waals surface area contributed by atoms with Crippen molar-refractivity contribution in [2.75, 3.05) is 5.32 Å². The van der Waals surface area contributed by atoms with Gasteiger partial charge in [0.25, 0.3) is 0 Å². The maximum atomic E-state index is 13.9. The van der Waals surface area contributed by atoms with Gasteiger partial charge in [0, 0.05) is 11.1 Å². The van der Waals surface area contributed by atoms with E-state index in [2.05, 4.69) is 45.1 Å². The standard InChI is InChI=1S/C25H25Cl2N3O/c1-5-14-6-8-15(9-7-14)28-22(31)25-11-10-24(4,23(25,2)3)20-21(25)30-19-13-17(27)16(26)12-18(19)29-20/h6-9,12-13H,5,10-11H2,1-4H3,(H,28,31). The molecular weight excluding hydrogens is 429 g/mol. The van der Waals surface area contributed by atoms with Crippen LogP contribution in [0.25, 0.3) is 11.0 Å². The van der Waals surface area contributed by atoms with Gasteiger partial charge >= 0.3 is 0 Å². The van der Waals surface area contributed by atoms with Crippen molar-refractivity contribution < 1.29 is 4.79 Å². The number of hydrogen-bond donors (Lipinski definition) is 1. The van der Waals surface area contributed by atoms with Crippen molar-refractivity contribution in [3.8, 4) is 0 Å². The van der Waals surface area contributed by atoms with Gasteiger partial charge in [0.1, 0.15) is 0 Å². The molecule has 1 fully saturated rings. The number of nitrogens with one attached hydrogen (secondary N) is 1. The Morgan fingerprint density at radius 2 is 1.55 bits per heavy atom. The van der Waals surface area contributed by atoms with E-state index in [0.717, 1.165) is 36.3 Å². The number of halogens is 2. The molecule has 0 radical (unpaired) electrons. The molecule has 1 N–H and O–H groups in total. The minimum absolute atomic E-state index is 0.0158. The fourth-order valence-corrected chi connectivity index (χ4v) is 5.98. The van der Waals surface area contributed by atoms with Crippen molar-refractivity contribution in [1.82, 2.24) is 9.97 Å². The fourth-order valence-electron chi connectivity index (χ4n) is 5.66. The number of aromatic nitrogens is 2. The van der Waals surface area contributed by atoms with Gasteiger partial charge in [-0.05, 0) is 54.5 Å². The first-order valence-electron chi connectivity index (χ1n) is 10.7. The van der Waals surface area contributed by atoms with Crippen LogP contribution in [-0.2, 0) is 22.0 Å². The Labute approximate surface area is 192 Å². The molecule has 31 heavy (non-hydrogen) atoms. The molecule has 5 rings (SSSR count). The molecular formula is C25H25Cl2N3O. The van der Waals surface area contributed by atoms with E-state index < -0.39 is 5.41 Å². The molecule has 1 aromatic heterocycles. The van der Waals surface area contributed by atoms with E-state index in [-0.39, 0.29) is 16.7 Å². The first-order valence-corrected chi connectivity index (χ1v) is 11.5. The van der Waals surface area contributed by atoms with Crippen molar-refractivity contribution in [2.24, 2.45) is 5.41 Å². The summed E-state index contributed by atoms with van der Waals surface area (Å²) in [5.74, 6) is -0.0158. The summed E-state index contributed by atoms with van der Waals surface area (Å²) in [5, 5.41) is 4.08. The Morgan fingerprint density at radius 1 is 0.968 bits per heavy atom. The van der Waals surface area contributed by atoms with E-state index >= 15 is 0 Å². The summed E-state index contributed by atoms with van der Waals surface area (Å²) in [5.41, 5.74) is 3.75. The van der Waals surface area contributed by atoms with Gasteiger partial charge in [-0.25, -0.2) is 9.97 Å². The molecule has 0 aliphatic heterocycles. The monoisotopic (exact) mass is 453 g/mol. The lowest BCUT2D eigenvalue weighted by molar-refractivity contribution is -0.125. The summed E-state index contributed by atoms with van der Waals surface area (Å²) in [6.45, 7) is 8.68. The normalized spacial score (nSPS) is 25.6. The highest BCUT2D eigenvalue weighted by molar-refractivity contribution is 6.42. The molecule has 1 heterocycles. The first-order chi connectivity index (χ1) is 14.6. The van der Waals surface area contributed by atoms with Crippen LogP contribution < -0.4 is 5.32 Å². The number of benzene rings is 2. The Hall–Kier alpha value is -2.17. The van der Waals surface area contributed by atoms with Crippen LogP contribution in [0.5, 0.6) is 0 Å². The maximum Gasteiger partial charge on any atom is 0.237 e. The zero-order valence-electron chi connectivity index (χ0n) is 18.1. The molecule has 2 aromatic carbocycles. The number of carbonyl (C=O) groups excluding carboxylic acids is 1. The third kappa shape index (κ3) is 2.58. The molecule has 160 valence electrons. The Balaban J connectivity index is 1.67. The van der Waals surface area contributed by atoms with E-state index in [0.29, 0.717) is 21.1 Å². The average Bonchev–Trinajstić information content (AvgIpc) is 3.03. The molecule has 3 aromatic rings. The zero-order valence-corrected chi connectivity index (χ0v) is 19.7. The Bertz CT molecular complexity index is 1240. The van der Waals surface area contributed by atoms with Gasteiger partial charge in [0.05, 0.1) is 37.9 Å². The van der Waals surface area contributed by atoms with Crippen LogP contribution in [0.3, 0.4) is 0 Å². The van der Waals surface area contributed by atoms with Crippen molar-refractivity contribution in [2.45, 2.75) is 57.8 Å². The lowest BCUT2D eigenvalue weighted by Gasteiger charge is -2.39. The number of amides is 1. The van der Waals surface area contributed by atoms with E-state index in [4.69, 9.17) is 33.2 Å². The third-order valence-electron chi connectivity index (χ3n) is 8.09. The molecule has 4 nitrogen and oxygen atoms in total. The molecule has 0 saturated heterocycles. The third-order valence-corrected chi connectivity index (χ3v) is 8.81. The second-order valence-electron chi connectivity index (χ2n) is 9.54. The summed E-state index contributed by atoms with van der Waals surface area (Å²) in [4.78, 5) is 23.9. The highest BCUT2D eigenvalue weighted by Crippen LogP contribution is 2.70. The summed E-state index contributed by atoms with van der Waals surface area (Å²) in [7, 11) is 0. The summed E-state index contributed by atoms with van der Waals surface area (Å²) < 4.78 is 0. The lowest BCUT2D eigenvalue weighted by atomic mass is 9.63. The van der Waals surface area contributed by atoms with Crippen LogP contribution in [-0.4, -0.2) is 15.9 Å². The summed E-state index contributed by atoms with van der Waals surface area (Å²) in [6.07, 6.45) is 2.59. The quantitative estimate of drug-likeness (QED) is 0.494. The molecule has 1 amide bonds. The van der Waals surface area contributed by atoms with Crippen molar-refractivity contribution >= 4 is 45.8 Å². The number of aryl methyl sites for hydroxylation is 1. The number of nitrogens with zero attached hydrogens (tertiary/aromatic N) is 2. The molecule has 0 spiro atoms. The molecule has 1 saturated carbocycles. The number of fused-ring (bicyclic) bond motifs is 6. The van der Waals surface area contributed by atoms with Crippen LogP contribution in [0, 0.1) is 5.41 Å². The minimum atomic E-state index is -0.756. The van der Waals surface area contributed by atoms with Gasteiger partial charge in [-0.1, -0.05) is 63.0 Å². The minimum Gasteiger partial charge on any atom is -0.325 e. The summed E-state index contributed by atoms with van der Waals surface area (Å²) in [6, 6.07) is 11.5. The fraction of sp³-hybridized carbons (Fsp3) is 0.400. The van der Waals surface area contributed by atoms with Gasteiger partial charge in [-0.3, -0.25) is 4.79 Å². The van der Waals surface area contributed by atoms with Gasteiger partial charge in [-0.15, -0.1) is 0 Å². The predicted molar refractivity (Wildman–Crippen MR) is 126 cm³/mol. The van der Waals surface area contributed by atoms with Gasteiger partial charge < -0.3 is 5.32 Å². The van der Waals surface area contributed by atoms with Crippen LogP contribution in [0.1, 0.15) is 57.5 Å². The van der Waals surface area contributed by atoms with Crippen LogP contribution in [0.2, 0.25) is 10.0 Å². The predicted octanol–water partition coefficient (Wildman–Crippen LogP) is 6.47. The van der Waals surface area contributed by atoms with E-state index in [9.17, 15) is 4.79 Å². The van der Waals surface area contributed by atoms with Gasteiger partial charge in [0.15, 0.2) is 0 Å². The van der Waals surface area contributed by atoms with Crippen molar-refractivity contribution in [3.63, 3.8) is 0 Å². The molecule has 2 atom stereocenters. The van der Waals surface area contributed by atoms with Crippen molar-refractivity contribution in [1.29, 1.82) is 0 Å². The highest BCUT2D eigenvalue weighted by Gasteiger charge is 2.73. The summed E-state index contributed by atoms with van der Waals surface area (Å²) >= 11 is 12.5. The molecule has 2 unspecified atom stereocenters. The Morgan fingerprint density at radius 3 is 2.13 bits per heavy atom. The topological polar surface area (TPSA) is 54.9 Å². The maximum absolute atomic E-state index is 13.9. The Kier molecular flexibility index (Phi) is 4.45. The number of hydrogen-bond acceptors (Lipinski definition) is 3. The average molecular weight is 454 g/mol. The van der Waals surface area contributed by atoms with E-state index in [1.54, 1.807) is 12.1 Å². The molecule has 2 aliphatic rings. The SMILES string of the molecule is CCc1ccc(NC(=O)C23CCC(C)(c4nc5cc(Cl)c(Cl)cc5nc42)C3(C)C)cc1. The second kappa shape index (κ2) is 6.66. The van der Waals surface area contributed by atoms with Gasteiger partial charge in [0.2, 0.25) is 5.91 Å². The van der Waals surface area contributed by atoms with E-state index in [1.165, 1.54) is 5.56 Å². The number of anilines is 1. The molecule has 6 heteroatoms. The lowest BCUT2D eigenvalue weighted by Crippen LogP contribution is -2.48. The zero-order chi connectivity index (χ0) is 22.2. The van der Waals surface area contributed by atoms with E-state index in [1.807, 2.05) is 12.1 Å². The van der Waals surface area contributed by atoms with Crippen LogP contribution in [0.15, 0.2) is 36.4 Å². The number of rotatable bonds is 3. The molecule has 2 aliphatic carbocycles. The van der Waals surface area contributed by atoms with Crippen LogP contribution in [0.4, 0.5) is 5.69 Å². The smallest absolute Gasteiger partial charge is 0.237 e. The molecule has 2 bridgehead atoms. The number of carbonyl (C=O) groups is 1. The first kappa shape index (κ1) is 20.7.